The van der Waals surface area contributed by atoms with Gasteiger partial charge in [0, 0.05) is 38.3 Å². The number of nitrogens with one attached hydrogen (secondary N) is 2. The summed E-state index contributed by atoms with van der Waals surface area (Å²) in [6.07, 6.45) is 3.91. The molecule has 2 heterocycles. The van der Waals surface area contributed by atoms with Crippen molar-refractivity contribution in [3.63, 3.8) is 0 Å². The third kappa shape index (κ3) is 7.18. The topological polar surface area (TPSA) is 136 Å². The summed E-state index contributed by atoms with van der Waals surface area (Å²) in [5.41, 5.74) is -0.0823. The zero-order chi connectivity index (χ0) is 22.8. The van der Waals surface area contributed by atoms with Gasteiger partial charge in [-0.25, -0.2) is 4.98 Å². The highest BCUT2D eigenvalue weighted by molar-refractivity contribution is 5.91. The molecule has 0 saturated carbocycles. The van der Waals surface area contributed by atoms with Crippen LogP contribution >= 0.6 is 0 Å². The molecule has 1 aliphatic heterocycles. The number of carbonyl (C=O) groups excluding carboxylic acids is 1. The second kappa shape index (κ2) is 12.2. The molecule has 0 aliphatic carbocycles. The second-order valence-electron chi connectivity index (χ2n) is 7.66. The Balaban J connectivity index is 1.93. The zero-order valence-electron chi connectivity index (χ0n) is 18.2. The van der Waals surface area contributed by atoms with Crippen LogP contribution < -0.4 is 10.6 Å². The number of nitro groups is 1. The number of hydrogen-bond donors (Lipinski definition) is 3. The minimum atomic E-state index is -0.530. The predicted octanol–water partition coefficient (Wildman–Crippen LogP) is 2.46. The number of aromatic nitrogens is 1. The molecule has 3 N–H and O–H groups in total. The molecule has 3 atom stereocenters. The molecule has 1 aromatic heterocycles. The maximum absolute atomic E-state index is 12.6. The first-order chi connectivity index (χ1) is 14.9. The Kier molecular flexibility index (Phi) is 9.67. The van der Waals surface area contributed by atoms with Crippen LogP contribution in [0.3, 0.4) is 0 Å². The van der Waals surface area contributed by atoms with E-state index in [2.05, 4.69) is 29.5 Å². The number of nitrogens with zero attached hydrogens (tertiary/aromatic N) is 2. The van der Waals surface area contributed by atoms with Crippen LogP contribution in [0.5, 0.6) is 0 Å². The van der Waals surface area contributed by atoms with Gasteiger partial charge in [0.25, 0.3) is 11.6 Å². The maximum Gasteiger partial charge on any atom is 0.287 e. The van der Waals surface area contributed by atoms with Crippen LogP contribution in [-0.2, 0) is 14.3 Å². The van der Waals surface area contributed by atoms with Gasteiger partial charge in [0.15, 0.2) is 5.76 Å². The molecule has 1 amide bonds. The summed E-state index contributed by atoms with van der Waals surface area (Å²) >= 11 is 0. The van der Waals surface area contributed by atoms with E-state index in [4.69, 9.17) is 9.47 Å². The van der Waals surface area contributed by atoms with Crippen LogP contribution in [-0.4, -0.2) is 53.5 Å². The van der Waals surface area contributed by atoms with Gasteiger partial charge in [-0.2, -0.15) is 0 Å². The van der Waals surface area contributed by atoms with E-state index in [9.17, 15) is 20.0 Å². The first-order valence-corrected chi connectivity index (χ1v) is 10.6. The van der Waals surface area contributed by atoms with Crippen LogP contribution in [0.4, 0.5) is 11.5 Å². The van der Waals surface area contributed by atoms with Crippen molar-refractivity contribution in [3.8, 4) is 0 Å². The largest absolute Gasteiger partial charge is 0.459 e. The lowest BCUT2D eigenvalue weighted by Crippen LogP contribution is -2.41. The lowest BCUT2D eigenvalue weighted by atomic mass is 9.78. The van der Waals surface area contributed by atoms with Crippen molar-refractivity contribution in [2.75, 3.05) is 31.6 Å². The van der Waals surface area contributed by atoms with E-state index >= 15 is 0 Å². The van der Waals surface area contributed by atoms with Crippen molar-refractivity contribution in [1.29, 1.82) is 0 Å². The Bertz CT molecular complexity index is 753. The van der Waals surface area contributed by atoms with Gasteiger partial charge in [0.05, 0.1) is 4.92 Å². The summed E-state index contributed by atoms with van der Waals surface area (Å²) in [7, 11) is 0. The Morgan fingerprint density at radius 2 is 2.16 bits per heavy atom. The molecule has 0 fully saturated rings. The average molecular weight is 437 g/mol. The molecular weight excluding hydrogens is 404 g/mol. The number of hydrogen-bond acceptors (Lipinski definition) is 8. The smallest absolute Gasteiger partial charge is 0.287 e. The molecule has 31 heavy (non-hydrogen) atoms. The number of anilines is 1. The molecular formula is C21H32N4O6. The third-order valence-electron chi connectivity index (χ3n) is 5.13. The molecule has 0 saturated heterocycles. The Labute approximate surface area is 182 Å². The fourth-order valence-corrected chi connectivity index (χ4v) is 3.58. The molecule has 0 unspecified atom stereocenters. The number of allylic oxidation sites excluding steroid dienone is 1. The Morgan fingerprint density at radius 1 is 1.39 bits per heavy atom. The van der Waals surface area contributed by atoms with E-state index < -0.39 is 11.2 Å². The van der Waals surface area contributed by atoms with Gasteiger partial charge in [-0.3, -0.25) is 14.9 Å². The van der Waals surface area contributed by atoms with Crippen molar-refractivity contribution in [1.82, 2.24) is 10.3 Å². The highest BCUT2D eigenvalue weighted by Crippen LogP contribution is 2.36. The molecule has 0 bridgehead atoms. The lowest BCUT2D eigenvalue weighted by Gasteiger charge is -2.38. The first-order valence-electron chi connectivity index (χ1n) is 10.6. The Morgan fingerprint density at radius 3 is 2.74 bits per heavy atom. The van der Waals surface area contributed by atoms with Crippen LogP contribution in [0.1, 0.15) is 33.6 Å². The molecule has 1 aromatic rings. The highest BCUT2D eigenvalue weighted by Gasteiger charge is 2.38. The van der Waals surface area contributed by atoms with E-state index in [0.717, 1.165) is 6.42 Å². The van der Waals surface area contributed by atoms with Crippen molar-refractivity contribution in [3.05, 3.63) is 40.3 Å². The van der Waals surface area contributed by atoms with Gasteiger partial charge in [0.1, 0.15) is 12.0 Å². The first kappa shape index (κ1) is 24.5. The lowest BCUT2D eigenvalue weighted by molar-refractivity contribution is -0.385. The van der Waals surface area contributed by atoms with Crippen molar-refractivity contribution >= 4 is 17.4 Å². The average Bonchev–Trinajstić information content (AvgIpc) is 2.75. The van der Waals surface area contributed by atoms with Gasteiger partial charge in [-0.05, 0) is 43.7 Å². The van der Waals surface area contributed by atoms with E-state index in [0.29, 0.717) is 31.9 Å². The van der Waals surface area contributed by atoms with Crippen LogP contribution in [0, 0.1) is 27.9 Å². The zero-order valence-corrected chi connectivity index (χ0v) is 18.2. The Hall–Kier alpha value is -2.72. The number of carbonyl (C=O) groups is 1. The second-order valence-corrected chi connectivity index (χ2v) is 7.66. The standard InChI is InChI=1S/C21H32N4O6/c1-4-30-21-16(6-5-11-26)17(14(2)3)12-18(31-21)20(27)23-10-9-22-19-8-7-15(13-24-19)25(28)29/h7-8,12-14,16-17,21,26H,4-6,9-11H2,1-3H3,(H,22,24)(H,23,27)/t16-,17-,21-/m0/s1. The van der Waals surface area contributed by atoms with Crippen molar-refractivity contribution < 1.29 is 24.3 Å². The maximum atomic E-state index is 12.6. The van der Waals surface area contributed by atoms with Crippen LogP contribution in [0.25, 0.3) is 0 Å². The van der Waals surface area contributed by atoms with Crippen LogP contribution in [0.15, 0.2) is 30.2 Å². The molecule has 2 rings (SSSR count). The van der Waals surface area contributed by atoms with Gasteiger partial charge < -0.3 is 25.2 Å². The summed E-state index contributed by atoms with van der Waals surface area (Å²) < 4.78 is 11.6. The molecule has 10 nitrogen and oxygen atoms in total. The van der Waals surface area contributed by atoms with Gasteiger partial charge in [-0.15, -0.1) is 0 Å². The molecule has 0 radical (unpaired) electrons. The molecule has 0 spiro atoms. The highest BCUT2D eigenvalue weighted by atomic mass is 16.7. The monoisotopic (exact) mass is 436 g/mol. The third-order valence-corrected chi connectivity index (χ3v) is 5.13. The summed E-state index contributed by atoms with van der Waals surface area (Å²) in [5, 5.41) is 25.7. The molecule has 10 heteroatoms. The van der Waals surface area contributed by atoms with Crippen molar-refractivity contribution in [2.45, 2.75) is 39.9 Å². The fraction of sp³-hybridized carbons (Fsp3) is 0.619. The van der Waals surface area contributed by atoms with Crippen LogP contribution in [0.2, 0.25) is 0 Å². The number of amides is 1. The van der Waals surface area contributed by atoms with Gasteiger partial charge in [-0.1, -0.05) is 13.8 Å². The number of aliphatic hydroxyl groups excluding tert-OH is 1. The summed E-state index contributed by atoms with van der Waals surface area (Å²) in [6.45, 7) is 7.35. The fourth-order valence-electron chi connectivity index (χ4n) is 3.58. The molecule has 1 aliphatic rings. The molecule has 0 aromatic carbocycles. The van der Waals surface area contributed by atoms with Crippen molar-refractivity contribution in [2.24, 2.45) is 17.8 Å². The van der Waals surface area contributed by atoms with E-state index in [1.54, 1.807) is 0 Å². The molecule has 172 valence electrons. The normalized spacial score (nSPS) is 20.7. The van der Waals surface area contributed by atoms with E-state index in [1.807, 2.05) is 13.0 Å². The number of rotatable bonds is 12. The van der Waals surface area contributed by atoms with Gasteiger partial charge >= 0.3 is 0 Å². The number of aliphatic hydroxyl groups is 1. The summed E-state index contributed by atoms with van der Waals surface area (Å²) in [6, 6.07) is 2.88. The van der Waals surface area contributed by atoms with Gasteiger partial charge in [0.2, 0.25) is 6.29 Å². The SMILES string of the molecule is CCO[C@H]1OC(C(=O)NCCNc2ccc([N+](=O)[O-])cn2)=C[C@@H](C(C)C)[C@@H]1CCCO. The number of ether oxygens (including phenoxy) is 2. The minimum absolute atomic E-state index is 0.0681. The quantitative estimate of drug-likeness (QED) is 0.258. The summed E-state index contributed by atoms with van der Waals surface area (Å²) in [5.74, 6) is 0.850. The minimum Gasteiger partial charge on any atom is -0.459 e. The van der Waals surface area contributed by atoms with E-state index in [-0.39, 0.29) is 41.7 Å². The summed E-state index contributed by atoms with van der Waals surface area (Å²) in [4.78, 5) is 26.8. The predicted molar refractivity (Wildman–Crippen MR) is 115 cm³/mol. The number of pyridine rings is 1. The van der Waals surface area contributed by atoms with E-state index in [1.165, 1.54) is 18.3 Å².